The highest BCUT2D eigenvalue weighted by molar-refractivity contribution is 7.91. The summed E-state index contributed by atoms with van der Waals surface area (Å²) < 4.78 is 42.7. The number of nitrogens with one attached hydrogen (secondary N) is 3. The number of piperidine rings is 2. The lowest BCUT2D eigenvalue weighted by molar-refractivity contribution is -0.187. The van der Waals surface area contributed by atoms with Crippen LogP contribution in [0.3, 0.4) is 0 Å². The van der Waals surface area contributed by atoms with Gasteiger partial charge in [-0.1, -0.05) is 37.8 Å². The monoisotopic (exact) mass is 736 g/mol. The van der Waals surface area contributed by atoms with Gasteiger partial charge in [-0.25, -0.2) is 18.0 Å². The highest BCUT2D eigenvalue weighted by Gasteiger charge is 2.46. The van der Waals surface area contributed by atoms with E-state index >= 15 is 0 Å². The van der Waals surface area contributed by atoms with Crippen LogP contribution in [0.25, 0.3) is 21.9 Å². The zero-order chi connectivity index (χ0) is 36.0. The summed E-state index contributed by atoms with van der Waals surface area (Å²) in [6.07, 6.45) is 3.78. The van der Waals surface area contributed by atoms with Crippen molar-refractivity contribution in [2.75, 3.05) is 45.1 Å². The van der Waals surface area contributed by atoms with Gasteiger partial charge in [-0.15, -0.1) is 0 Å². The van der Waals surface area contributed by atoms with Gasteiger partial charge >= 0.3 is 11.7 Å². The number of H-pyrrole nitrogens is 2. The number of carbonyl (C=O) groups excluding carboxylic acids is 2. The Kier molecular flexibility index (Phi) is 9.67. The molecule has 2 aromatic carbocycles. The third-order valence-corrected chi connectivity index (χ3v) is 14.9. The average molecular weight is 737 g/mol. The Morgan fingerprint density at radius 1 is 0.961 bits per heavy atom. The van der Waals surface area contributed by atoms with Crippen LogP contribution in [-0.4, -0.2) is 110 Å². The standard InChI is InChI=1S/C36H48N6O7SSi/c1-51(2,3)23-22-50(46,47)32(26-8-9-28-25(24-26)10-15-37-28)31(33(43)40-18-13-36(14-19-40)48-20-21-49-36)39-34(44)41-16-11-27(12-17-41)42-30-7-5-4-6-29(30)38-35(42)45/h4-10,15,24,27,31-32,37H,11-14,16-23H2,1-3H3,(H,38,45)(H,39,44). The second kappa shape index (κ2) is 13.9. The van der Waals surface area contributed by atoms with Crippen LogP contribution in [0.2, 0.25) is 25.7 Å². The molecule has 3 saturated heterocycles. The van der Waals surface area contributed by atoms with Gasteiger partial charge in [0.2, 0.25) is 5.91 Å². The molecule has 3 amide bonds. The van der Waals surface area contributed by atoms with Crippen molar-refractivity contribution >= 4 is 51.8 Å². The van der Waals surface area contributed by atoms with Gasteiger partial charge in [0.05, 0.1) is 24.2 Å². The van der Waals surface area contributed by atoms with Crippen molar-refractivity contribution in [1.82, 2.24) is 29.7 Å². The number of amides is 3. The Hall–Kier alpha value is -3.92. The van der Waals surface area contributed by atoms with E-state index in [1.807, 2.05) is 42.5 Å². The molecule has 274 valence electrons. The molecule has 7 rings (SSSR count). The first kappa shape index (κ1) is 35.5. The minimum atomic E-state index is -3.95. The zero-order valence-electron chi connectivity index (χ0n) is 29.5. The Bertz CT molecular complexity index is 2060. The van der Waals surface area contributed by atoms with Crippen molar-refractivity contribution in [3.05, 3.63) is 70.8 Å². The number of urea groups is 1. The van der Waals surface area contributed by atoms with E-state index in [0.717, 1.165) is 21.9 Å². The summed E-state index contributed by atoms with van der Waals surface area (Å²) in [5.41, 5.74) is 2.70. The van der Waals surface area contributed by atoms with Gasteiger partial charge in [0, 0.05) is 70.6 Å². The summed E-state index contributed by atoms with van der Waals surface area (Å²) in [6.45, 7) is 8.67. The summed E-state index contributed by atoms with van der Waals surface area (Å²) in [5, 5.41) is 2.48. The maximum absolute atomic E-state index is 14.7. The Balaban J connectivity index is 1.18. The number of hydrogen-bond acceptors (Lipinski definition) is 7. The summed E-state index contributed by atoms with van der Waals surface area (Å²) >= 11 is 0. The van der Waals surface area contributed by atoms with E-state index in [2.05, 4.69) is 34.9 Å². The molecular formula is C36H48N6O7SSi. The van der Waals surface area contributed by atoms with Crippen LogP contribution in [0.4, 0.5) is 4.79 Å². The number of benzene rings is 2. The van der Waals surface area contributed by atoms with Crippen LogP contribution in [0, 0.1) is 0 Å². The molecule has 1 spiro atoms. The number of ether oxygens (including phenoxy) is 2. The SMILES string of the molecule is C[Si](C)(C)CCS(=O)(=O)C(c1ccc2[nH]ccc2c1)C(NC(=O)N1CCC(n2c(=O)[nH]c3ccccc32)CC1)C(=O)N1CCC2(CC1)OCCO2. The van der Waals surface area contributed by atoms with Gasteiger partial charge in [0.15, 0.2) is 15.6 Å². The van der Waals surface area contributed by atoms with E-state index in [0.29, 0.717) is 76.7 Å². The number of nitrogens with zero attached hydrogens (tertiary/aromatic N) is 3. The van der Waals surface area contributed by atoms with Crippen LogP contribution in [-0.2, 0) is 24.1 Å². The van der Waals surface area contributed by atoms with Gasteiger partial charge in [-0.05, 0) is 60.2 Å². The van der Waals surface area contributed by atoms with Crippen molar-refractivity contribution < 1.29 is 27.5 Å². The van der Waals surface area contributed by atoms with Crippen molar-refractivity contribution in [3.8, 4) is 0 Å². The number of rotatable bonds is 9. The molecule has 2 atom stereocenters. The minimum Gasteiger partial charge on any atom is -0.361 e. The lowest BCUT2D eigenvalue weighted by Crippen LogP contribution is -2.59. The first-order chi connectivity index (χ1) is 24.3. The molecule has 3 fully saturated rings. The first-order valence-electron chi connectivity index (χ1n) is 17.9. The summed E-state index contributed by atoms with van der Waals surface area (Å²) in [6, 6.07) is 13.3. The smallest absolute Gasteiger partial charge is 0.326 e. The van der Waals surface area contributed by atoms with Crippen molar-refractivity contribution in [2.24, 2.45) is 0 Å². The summed E-state index contributed by atoms with van der Waals surface area (Å²) in [5.74, 6) is -1.25. The molecule has 3 aliphatic rings. The van der Waals surface area contributed by atoms with Crippen LogP contribution >= 0.6 is 0 Å². The number of carbonyl (C=O) groups is 2. The fourth-order valence-electron chi connectivity index (χ4n) is 7.74. The predicted molar refractivity (Wildman–Crippen MR) is 198 cm³/mol. The predicted octanol–water partition coefficient (Wildman–Crippen LogP) is 4.39. The van der Waals surface area contributed by atoms with Crippen LogP contribution < -0.4 is 11.0 Å². The molecule has 0 aliphatic carbocycles. The minimum absolute atomic E-state index is 0.0895. The molecule has 13 nitrogen and oxygen atoms in total. The fourth-order valence-corrected chi connectivity index (χ4v) is 12.7. The molecule has 3 aliphatic heterocycles. The van der Waals surface area contributed by atoms with Crippen molar-refractivity contribution in [1.29, 1.82) is 0 Å². The summed E-state index contributed by atoms with van der Waals surface area (Å²) in [7, 11) is -5.75. The van der Waals surface area contributed by atoms with E-state index in [9.17, 15) is 22.8 Å². The second-order valence-corrected chi connectivity index (χ2v) is 23.2. The maximum atomic E-state index is 14.7. The largest absolute Gasteiger partial charge is 0.361 e. The number of likely N-dealkylation sites (tertiary alicyclic amines) is 2. The third kappa shape index (κ3) is 7.39. The molecule has 0 bridgehead atoms. The van der Waals surface area contributed by atoms with Crippen molar-refractivity contribution in [2.45, 2.75) is 74.5 Å². The van der Waals surface area contributed by atoms with Crippen LogP contribution in [0.5, 0.6) is 0 Å². The van der Waals surface area contributed by atoms with Gasteiger partial charge in [-0.2, -0.15) is 0 Å². The number of para-hydroxylation sites is 2. The number of aromatic amines is 2. The van der Waals surface area contributed by atoms with Gasteiger partial charge in [-0.3, -0.25) is 9.36 Å². The number of fused-ring (bicyclic) bond motifs is 2. The maximum Gasteiger partial charge on any atom is 0.326 e. The van der Waals surface area contributed by atoms with E-state index in [4.69, 9.17) is 9.47 Å². The van der Waals surface area contributed by atoms with E-state index in [1.165, 1.54) is 0 Å². The highest BCUT2D eigenvalue weighted by Crippen LogP contribution is 2.35. The van der Waals surface area contributed by atoms with E-state index < -0.39 is 46.9 Å². The van der Waals surface area contributed by atoms with E-state index in [-0.39, 0.29) is 17.5 Å². The Labute approximate surface area is 298 Å². The molecule has 2 aromatic heterocycles. The van der Waals surface area contributed by atoms with Gasteiger partial charge < -0.3 is 34.6 Å². The van der Waals surface area contributed by atoms with Crippen LogP contribution in [0.15, 0.2) is 59.5 Å². The molecule has 2 unspecified atom stereocenters. The Morgan fingerprint density at radius 2 is 1.67 bits per heavy atom. The number of imidazole rings is 1. The summed E-state index contributed by atoms with van der Waals surface area (Å²) in [4.78, 5) is 51.1. The van der Waals surface area contributed by atoms with Crippen LogP contribution in [0.1, 0.15) is 42.5 Å². The van der Waals surface area contributed by atoms with Gasteiger partial charge in [0.25, 0.3) is 0 Å². The zero-order valence-corrected chi connectivity index (χ0v) is 31.3. The topological polar surface area (TPSA) is 159 Å². The molecule has 0 radical (unpaired) electrons. The number of sulfone groups is 1. The fraction of sp³-hybridized carbons (Fsp3) is 0.528. The van der Waals surface area contributed by atoms with Crippen molar-refractivity contribution in [3.63, 3.8) is 0 Å². The van der Waals surface area contributed by atoms with Gasteiger partial charge in [0.1, 0.15) is 11.3 Å². The normalized spacial score (nSPS) is 19.9. The van der Waals surface area contributed by atoms with E-state index in [1.54, 1.807) is 26.6 Å². The molecule has 15 heteroatoms. The molecule has 0 saturated carbocycles. The number of hydrogen-bond donors (Lipinski definition) is 3. The Morgan fingerprint density at radius 3 is 2.37 bits per heavy atom. The molecule has 4 aromatic rings. The molecule has 51 heavy (non-hydrogen) atoms. The first-order valence-corrected chi connectivity index (χ1v) is 23.3. The molecule has 3 N–H and O–H groups in total. The highest BCUT2D eigenvalue weighted by atomic mass is 32.2. The average Bonchev–Trinajstić information content (AvgIpc) is 3.85. The number of aromatic nitrogens is 3. The third-order valence-electron chi connectivity index (χ3n) is 10.7. The lowest BCUT2D eigenvalue weighted by Gasteiger charge is -2.40. The molecule has 5 heterocycles. The quantitative estimate of drug-likeness (QED) is 0.215. The second-order valence-electron chi connectivity index (χ2n) is 15.3. The molecular weight excluding hydrogens is 689 g/mol. The lowest BCUT2D eigenvalue weighted by atomic mass is 9.99.